The quantitative estimate of drug-likeness (QED) is 0.149. The molecule has 2 unspecified atom stereocenters. The standard InChI is InChI=1S/C44H44ClFN4O4/c1-44(2,3)54-43(53)48-26-30-11-10-15-33(23-30)41-36-24-35(45)21-22-38(36)50(28-29-17-19-32(20-18-29)31-12-6-5-7-13-31)42(52)39(49(41)4)25-40(51)47-27-34-14-8-9-16-37(34)46/h5-24,39,41H,25-28H2,1-4H3,(H,47,51)(H,48,53). The molecule has 0 saturated carbocycles. The maximum atomic E-state index is 14.8. The molecule has 0 fully saturated rings. The number of hydrogen-bond donors (Lipinski definition) is 2. The molecule has 278 valence electrons. The molecule has 6 rings (SSSR count). The van der Waals surface area contributed by atoms with Crippen LogP contribution in [0.2, 0.25) is 5.02 Å². The molecule has 0 aromatic heterocycles. The second-order valence-corrected chi connectivity index (χ2v) is 14.9. The van der Waals surface area contributed by atoms with Crippen LogP contribution in [-0.4, -0.2) is 41.5 Å². The van der Waals surface area contributed by atoms with Crippen LogP contribution in [0.3, 0.4) is 0 Å². The van der Waals surface area contributed by atoms with E-state index < -0.39 is 35.5 Å². The lowest BCUT2D eigenvalue weighted by Gasteiger charge is -2.33. The van der Waals surface area contributed by atoms with Gasteiger partial charge < -0.3 is 20.3 Å². The van der Waals surface area contributed by atoms with E-state index in [2.05, 4.69) is 10.6 Å². The number of nitrogens with zero attached hydrogens (tertiary/aromatic N) is 2. The summed E-state index contributed by atoms with van der Waals surface area (Å²) >= 11 is 6.67. The van der Waals surface area contributed by atoms with Crippen molar-refractivity contribution >= 4 is 35.2 Å². The van der Waals surface area contributed by atoms with Crippen LogP contribution in [0.1, 0.15) is 61.1 Å². The highest BCUT2D eigenvalue weighted by Gasteiger charge is 2.40. The summed E-state index contributed by atoms with van der Waals surface area (Å²) in [7, 11) is 1.83. The molecule has 2 atom stereocenters. The number of alkyl carbamates (subject to hydrolysis) is 1. The van der Waals surface area contributed by atoms with Crippen molar-refractivity contribution in [2.75, 3.05) is 11.9 Å². The maximum absolute atomic E-state index is 14.8. The molecule has 8 nitrogen and oxygen atoms in total. The summed E-state index contributed by atoms with van der Waals surface area (Å²) in [4.78, 5) is 44.6. The van der Waals surface area contributed by atoms with Crippen molar-refractivity contribution in [2.45, 2.75) is 64.5 Å². The first-order valence-electron chi connectivity index (χ1n) is 17.9. The summed E-state index contributed by atoms with van der Waals surface area (Å²) in [6.07, 6.45) is -0.707. The Kier molecular flexibility index (Phi) is 11.8. The number of anilines is 1. The fourth-order valence-corrected chi connectivity index (χ4v) is 6.91. The summed E-state index contributed by atoms with van der Waals surface area (Å²) in [5.41, 5.74) is 5.86. The molecule has 3 amide bonds. The highest BCUT2D eigenvalue weighted by atomic mass is 35.5. The van der Waals surface area contributed by atoms with Gasteiger partial charge in [0.15, 0.2) is 0 Å². The average molecular weight is 747 g/mol. The Bertz CT molecular complexity index is 2120. The molecular weight excluding hydrogens is 703 g/mol. The van der Waals surface area contributed by atoms with Crippen molar-refractivity contribution in [2.24, 2.45) is 0 Å². The zero-order valence-corrected chi connectivity index (χ0v) is 31.6. The molecule has 0 aliphatic carbocycles. The van der Waals surface area contributed by atoms with E-state index in [0.717, 1.165) is 33.4 Å². The molecule has 0 spiro atoms. The minimum atomic E-state index is -0.908. The summed E-state index contributed by atoms with van der Waals surface area (Å²) in [6, 6.07) is 36.2. The Labute approximate surface area is 320 Å². The Balaban J connectivity index is 1.36. The molecule has 2 N–H and O–H groups in total. The summed E-state index contributed by atoms with van der Waals surface area (Å²) in [5.74, 6) is -1.08. The van der Waals surface area contributed by atoms with Gasteiger partial charge in [-0.2, -0.15) is 0 Å². The third kappa shape index (κ3) is 9.34. The third-order valence-corrected chi connectivity index (χ3v) is 9.58. The van der Waals surface area contributed by atoms with Gasteiger partial charge in [0.2, 0.25) is 11.8 Å². The zero-order valence-electron chi connectivity index (χ0n) is 30.8. The predicted octanol–water partition coefficient (Wildman–Crippen LogP) is 8.81. The minimum absolute atomic E-state index is 0.0143. The fraction of sp³-hybridized carbons (Fsp3) is 0.250. The van der Waals surface area contributed by atoms with E-state index in [1.165, 1.54) is 6.07 Å². The number of carbonyl (C=O) groups excluding carboxylic acids is 3. The molecule has 0 bridgehead atoms. The van der Waals surface area contributed by atoms with Crippen LogP contribution in [0.4, 0.5) is 14.9 Å². The molecule has 1 heterocycles. The molecule has 10 heteroatoms. The highest BCUT2D eigenvalue weighted by Crippen LogP contribution is 2.42. The van der Waals surface area contributed by atoms with E-state index in [1.807, 2.05) is 103 Å². The number of amides is 3. The van der Waals surface area contributed by atoms with E-state index in [1.54, 1.807) is 49.9 Å². The van der Waals surface area contributed by atoms with Gasteiger partial charge in [-0.25, -0.2) is 9.18 Å². The van der Waals surface area contributed by atoms with Gasteiger partial charge in [-0.15, -0.1) is 0 Å². The lowest BCUT2D eigenvalue weighted by molar-refractivity contribution is -0.130. The van der Waals surface area contributed by atoms with Gasteiger partial charge in [0.1, 0.15) is 11.4 Å². The Morgan fingerprint density at radius 1 is 0.796 bits per heavy atom. The smallest absolute Gasteiger partial charge is 0.407 e. The monoisotopic (exact) mass is 746 g/mol. The van der Waals surface area contributed by atoms with Crippen LogP contribution in [0.15, 0.2) is 121 Å². The molecular formula is C44H44ClFN4O4. The van der Waals surface area contributed by atoms with Crippen molar-refractivity contribution in [3.63, 3.8) is 0 Å². The van der Waals surface area contributed by atoms with Crippen molar-refractivity contribution in [1.82, 2.24) is 15.5 Å². The lowest BCUT2D eigenvalue weighted by atomic mass is 9.93. The van der Waals surface area contributed by atoms with Gasteiger partial charge >= 0.3 is 6.09 Å². The number of nitrogens with one attached hydrogen (secondary N) is 2. The molecule has 1 aliphatic heterocycles. The van der Waals surface area contributed by atoms with Crippen LogP contribution < -0.4 is 15.5 Å². The van der Waals surface area contributed by atoms with Gasteiger partial charge in [-0.3, -0.25) is 14.5 Å². The van der Waals surface area contributed by atoms with Gasteiger partial charge in [0.05, 0.1) is 25.0 Å². The van der Waals surface area contributed by atoms with Gasteiger partial charge in [-0.05, 0) is 85.5 Å². The first-order valence-corrected chi connectivity index (χ1v) is 18.3. The summed E-state index contributed by atoms with van der Waals surface area (Å²) in [6.45, 7) is 5.86. The number of carbonyl (C=O) groups is 3. The zero-order chi connectivity index (χ0) is 38.4. The maximum Gasteiger partial charge on any atom is 0.407 e. The number of benzene rings is 5. The van der Waals surface area contributed by atoms with E-state index in [-0.39, 0.29) is 32.0 Å². The Morgan fingerprint density at radius 2 is 1.50 bits per heavy atom. The lowest BCUT2D eigenvalue weighted by Crippen LogP contribution is -2.48. The van der Waals surface area contributed by atoms with Crippen LogP contribution in [0.5, 0.6) is 0 Å². The van der Waals surface area contributed by atoms with Gasteiger partial charge in [-0.1, -0.05) is 109 Å². The molecule has 1 aliphatic rings. The second-order valence-electron chi connectivity index (χ2n) is 14.4. The molecule has 0 radical (unpaired) electrons. The molecule has 54 heavy (non-hydrogen) atoms. The van der Waals surface area contributed by atoms with E-state index in [4.69, 9.17) is 16.3 Å². The van der Waals surface area contributed by atoms with Crippen molar-refractivity contribution in [3.8, 4) is 11.1 Å². The first kappa shape index (κ1) is 38.2. The molecule has 0 saturated heterocycles. The van der Waals surface area contributed by atoms with Crippen molar-refractivity contribution in [3.05, 3.63) is 160 Å². The van der Waals surface area contributed by atoms with Crippen molar-refractivity contribution in [1.29, 1.82) is 0 Å². The average Bonchev–Trinajstić information content (AvgIpc) is 3.22. The summed E-state index contributed by atoms with van der Waals surface area (Å²) < 4.78 is 19.9. The predicted molar refractivity (Wildman–Crippen MR) is 210 cm³/mol. The number of hydrogen-bond acceptors (Lipinski definition) is 5. The number of likely N-dealkylation sites (N-methyl/N-ethyl adjacent to an activating group) is 1. The largest absolute Gasteiger partial charge is 0.444 e. The van der Waals surface area contributed by atoms with E-state index in [9.17, 15) is 18.8 Å². The van der Waals surface area contributed by atoms with Crippen LogP contribution in [0.25, 0.3) is 11.1 Å². The van der Waals surface area contributed by atoms with Crippen LogP contribution in [-0.2, 0) is 34.0 Å². The number of rotatable bonds is 10. The Hall–Kier alpha value is -5.51. The molecule has 5 aromatic carbocycles. The van der Waals surface area contributed by atoms with Gasteiger partial charge in [0, 0.05) is 29.4 Å². The SMILES string of the molecule is CN1C(CC(=O)NCc2ccccc2F)C(=O)N(Cc2ccc(-c3ccccc3)cc2)c2ccc(Cl)cc2C1c1cccc(CNC(=O)OC(C)(C)C)c1. The fourth-order valence-electron chi connectivity index (χ4n) is 6.73. The first-order chi connectivity index (χ1) is 25.9. The normalized spacial score (nSPS) is 16.0. The number of halogens is 2. The van der Waals surface area contributed by atoms with Crippen LogP contribution >= 0.6 is 11.6 Å². The highest BCUT2D eigenvalue weighted by molar-refractivity contribution is 6.30. The van der Waals surface area contributed by atoms with Crippen molar-refractivity contribution < 1.29 is 23.5 Å². The van der Waals surface area contributed by atoms with Gasteiger partial charge in [0.25, 0.3) is 0 Å². The number of ether oxygens (including phenoxy) is 1. The number of fused-ring (bicyclic) bond motifs is 1. The van der Waals surface area contributed by atoms with E-state index >= 15 is 0 Å². The summed E-state index contributed by atoms with van der Waals surface area (Å²) in [5, 5.41) is 6.14. The Morgan fingerprint density at radius 3 is 2.22 bits per heavy atom. The topological polar surface area (TPSA) is 91.0 Å². The third-order valence-electron chi connectivity index (χ3n) is 9.34. The van der Waals surface area contributed by atoms with Crippen LogP contribution in [0, 0.1) is 5.82 Å². The second kappa shape index (κ2) is 16.7. The molecule has 5 aromatic rings. The van der Waals surface area contributed by atoms with E-state index in [0.29, 0.717) is 16.3 Å². The minimum Gasteiger partial charge on any atom is -0.444 e.